The second-order valence-electron chi connectivity index (χ2n) is 5.92. The smallest absolute Gasteiger partial charge is 0.319 e. The van der Waals surface area contributed by atoms with Crippen LogP contribution in [0.5, 0.6) is 0 Å². The molecule has 0 N–H and O–H groups in total. The minimum absolute atomic E-state index is 0.0968. The van der Waals surface area contributed by atoms with E-state index in [0.717, 1.165) is 17.7 Å². The van der Waals surface area contributed by atoms with E-state index in [1.807, 2.05) is 6.92 Å². The first-order valence-electron chi connectivity index (χ1n) is 7.32. The predicted molar refractivity (Wildman–Crippen MR) is 86.3 cm³/mol. The highest BCUT2D eigenvalue weighted by atomic mass is 32.2. The Morgan fingerprint density at radius 3 is 2.25 bits per heavy atom. The zero-order chi connectivity index (χ0) is 15.2. The van der Waals surface area contributed by atoms with Gasteiger partial charge in [0.05, 0.1) is 6.61 Å². The van der Waals surface area contributed by atoms with Gasteiger partial charge in [-0.3, -0.25) is 4.79 Å². The topological polar surface area (TPSA) is 26.3 Å². The molecule has 0 saturated carbocycles. The van der Waals surface area contributed by atoms with Gasteiger partial charge in [0.25, 0.3) is 0 Å². The van der Waals surface area contributed by atoms with Crippen LogP contribution < -0.4 is 0 Å². The van der Waals surface area contributed by atoms with Crippen LogP contribution in [0, 0.1) is 0 Å². The van der Waals surface area contributed by atoms with Gasteiger partial charge in [0.2, 0.25) is 0 Å². The van der Waals surface area contributed by atoms with Gasteiger partial charge in [0, 0.05) is 4.90 Å². The molecule has 0 aromatic heterocycles. The Morgan fingerprint density at radius 2 is 1.80 bits per heavy atom. The summed E-state index contributed by atoms with van der Waals surface area (Å²) in [5.41, 5.74) is 1.47. The van der Waals surface area contributed by atoms with Crippen LogP contribution >= 0.6 is 11.8 Å². The predicted octanol–water partition coefficient (Wildman–Crippen LogP) is 4.81. The standard InChI is InChI=1S/C17H26O2S/c1-6-8-15(16(18)19-7-2)20-14-11-9-13(10-12-14)17(3,4)5/h9-12,15H,6-8H2,1-5H3. The molecular formula is C17H26O2S. The molecule has 1 atom stereocenters. The molecule has 0 saturated heterocycles. The van der Waals surface area contributed by atoms with Crippen molar-refractivity contribution in [3.63, 3.8) is 0 Å². The molecule has 112 valence electrons. The lowest BCUT2D eigenvalue weighted by molar-refractivity contribution is -0.142. The van der Waals surface area contributed by atoms with Crippen molar-refractivity contribution in [2.24, 2.45) is 0 Å². The Morgan fingerprint density at radius 1 is 1.20 bits per heavy atom. The highest BCUT2D eigenvalue weighted by molar-refractivity contribution is 8.00. The highest BCUT2D eigenvalue weighted by Crippen LogP contribution is 2.30. The molecular weight excluding hydrogens is 268 g/mol. The summed E-state index contributed by atoms with van der Waals surface area (Å²) in [4.78, 5) is 13.0. The largest absolute Gasteiger partial charge is 0.465 e. The van der Waals surface area contributed by atoms with Gasteiger partial charge in [0.1, 0.15) is 5.25 Å². The van der Waals surface area contributed by atoms with E-state index in [9.17, 15) is 4.79 Å². The van der Waals surface area contributed by atoms with E-state index in [-0.39, 0.29) is 16.6 Å². The second-order valence-corrected chi connectivity index (χ2v) is 7.20. The fourth-order valence-electron chi connectivity index (χ4n) is 1.92. The maximum atomic E-state index is 11.9. The van der Waals surface area contributed by atoms with Crippen LogP contribution in [-0.4, -0.2) is 17.8 Å². The zero-order valence-electron chi connectivity index (χ0n) is 13.2. The third kappa shape index (κ3) is 5.20. The molecule has 0 aliphatic heterocycles. The third-order valence-electron chi connectivity index (χ3n) is 3.10. The Labute approximate surface area is 127 Å². The van der Waals surface area contributed by atoms with Crippen molar-refractivity contribution in [1.29, 1.82) is 0 Å². The molecule has 0 spiro atoms. The fraction of sp³-hybridized carbons (Fsp3) is 0.588. The molecule has 0 radical (unpaired) electrons. The summed E-state index contributed by atoms with van der Waals surface area (Å²) >= 11 is 1.61. The van der Waals surface area contributed by atoms with E-state index >= 15 is 0 Å². The van der Waals surface area contributed by atoms with Crippen molar-refractivity contribution in [3.05, 3.63) is 29.8 Å². The van der Waals surface area contributed by atoms with Crippen LogP contribution in [0.2, 0.25) is 0 Å². The van der Waals surface area contributed by atoms with Gasteiger partial charge in [-0.1, -0.05) is 46.2 Å². The van der Waals surface area contributed by atoms with Gasteiger partial charge in [0.15, 0.2) is 0 Å². The van der Waals surface area contributed by atoms with Gasteiger partial charge in [-0.2, -0.15) is 0 Å². The molecule has 20 heavy (non-hydrogen) atoms. The van der Waals surface area contributed by atoms with Crippen molar-refractivity contribution in [1.82, 2.24) is 0 Å². The van der Waals surface area contributed by atoms with Crippen molar-refractivity contribution in [2.45, 2.75) is 63.0 Å². The lowest BCUT2D eigenvalue weighted by atomic mass is 9.87. The van der Waals surface area contributed by atoms with Crippen LogP contribution in [0.4, 0.5) is 0 Å². The number of benzene rings is 1. The quantitative estimate of drug-likeness (QED) is 0.556. The van der Waals surface area contributed by atoms with Crippen LogP contribution in [0.1, 0.15) is 53.0 Å². The summed E-state index contributed by atoms with van der Waals surface area (Å²) in [6, 6.07) is 8.51. The maximum absolute atomic E-state index is 11.9. The Kier molecular flexibility index (Phi) is 6.60. The number of carbonyl (C=O) groups is 1. The normalized spacial score (nSPS) is 13.1. The molecule has 0 bridgehead atoms. The molecule has 1 aromatic carbocycles. The first-order valence-corrected chi connectivity index (χ1v) is 8.20. The van der Waals surface area contributed by atoms with E-state index in [1.165, 1.54) is 5.56 Å². The number of esters is 1. The van der Waals surface area contributed by atoms with Crippen LogP contribution in [-0.2, 0) is 14.9 Å². The SMILES string of the molecule is CCCC(Sc1ccc(C(C)(C)C)cc1)C(=O)OCC. The molecule has 1 rings (SSSR count). The first kappa shape index (κ1) is 17.1. The average molecular weight is 294 g/mol. The first-order chi connectivity index (χ1) is 9.38. The molecule has 2 nitrogen and oxygen atoms in total. The molecule has 1 aromatic rings. The van der Waals surface area contributed by atoms with Gasteiger partial charge < -0.3 is 4.74 Å². The minimum Gasteiger partial charge on any atom is -0.465 e. The van der Waals surface area contributed by atoms with Crippen LogP contribution in [0.15, 0.2) is 29.2 Å². The number of hydrogen-bond acceptors (Lipinski definition) is 3. The van der Waals surface area contributed by atoms with Crippen LogP contribution in [0.25, 0.3) is 0 Å². The van der Waals surface area contributed by atoms with Crippen molar-refractivity contribution < 1.29 is 9.53 Å². The number of carbonyl (C=O) groups excluding carboxylic acids is 1. The number of rotatable bonds is 6. The average Bonchev–Trinajstić information content (AvgIpc) is 2.38. The minimum atomic E-state index is -0.0979. The molecule has 3 heteroatoms. The molecule has 1 unspecified atom stereocenters. The molecule has 0 heterocycles. The van der Waals surface area contributed by atoms with Gasteiger partial charge in [-0.15, -0.1) is 11.8 Å². The number of ether oxygens (including phenoxy) is 1. The highest BCUT2D eigenvalue weighted by Gasteiger charge is 2.20. The van der Waals surface area contributed by atoms with Crippen molar-refractivity contribution >= 4 is 17.7 Å². The fourth-order valence-corrected chi connectivity index (χ4v) is 3.06. The summed E-state index contributed by atoms with van der Waals surface area (Å²) in [5, 5.41) is -0.0968. The third-order valence-corrected chi connectivity index (χ3v) is 4.36. The van der Waals surface area contributed by atoms with E-state index in [2.05, 4.69) is 52.0 Å². The lowest BCUT2D eigenvalue weighted by Gasteiger charge is -2.20. The summed E-state index contributed by atoms with van der Waals surface area (Å²) < 4.78 is 5.15. The molecule has 0 fully saturated rings. The van der Waals surface area contributed by atoms with Gasteiger partial charge in [-0.05, 0) is 36.5 Å². The second kappa shape index (κ2) is 7.72. The lowest BCUT2D eigenvalue weighted by Crippen LogP contribution is -2.20. The maximum Gasteiger partial charge on any atom is 0.319 e. The number of hydrogen-bond donors (Lipinski definition) is 0. The Balaban J connectivity index is 2.76. The number of thioether (sulfide) groups is 1. The molecule has 0 aliphatic rings. The summed E-state index contributed by atoms with van der Waals surface area (Å²) in [6.07, 6.45) is 1.83. The van der Waals surface area contributed by atoms with Crippen molar-refractivity contribution in [2.75, 3.05) is 6.61 Å². The van der Waals surface area contributed by atoms with E-state index in [1.54, 1.807) is 11.8 Å². The van der Waals surface area contributed by atoms with Gasteiger partial charge in [-0.25, -0.2) is 0 Å². The van der Waals surface area contributed by atoms with E-state index in [0.29, 0.717) is 6.61 Å². The summed E-state index contributed by atoms with van der Waals surface area (Å²) in [5.74, 6) is -0.0979. The zero-order valence-corrected chi connectivity index (χ0v) is 14.0. The summed E-state index contributed by atoms with van der Waals surface area (Å²) in [6.45, 7) is 11.0. The molecule has 0 amide bonds. The molecule has 0 aliphatic carbocycles. The summed E-state index contributed by atoms with van der Waals surface area (Å²) in [7, 11) is 0. The Hall–Kier alpha value is -0.960. The van der Waals surface area contributed by atoms with Crippen LogP contribution in [0.3, 0.4) is 0 Å². The van der Waals surface area contributed by atoms with Crippen molar-refractivity contribution in [3.8, 4) is 0 Å². The Bertz CT molecular complexity index is 418. The van der Waals surface area contributed by atoms with E-state index in [4.69, 9.17) is 4.74 Å². The van der Waals surface area contributed by atoms with Gasteiger partial charge >= 0.3 is 5.97 Å². The monoisotopic (exact) mass is 294 g/mol. The van der Waals surface area contributed by atoms with E-state index < -0.39 is 0 Å².